The highest BCUT2D eigenvalue weighted by atomic mass is 16.6. The molecule has 1 aliphatic heterocycles. The van der Waals surface area contributed by atoms with E-state index in [0.717, 1.165) is 0 Å². The highest BCUT2D eigenvalue weighted by Crippen LogP contribution is 2.33. The molecule has 1 heterocycles. The SMILES string of the molecule is N#CNC(N)=Nc1ccc2c(c1)OCCO2. The molecule has 2 rings (SSSR count). The molecule has 0 aromatic heterocycles. The summed E-state index contributed by atoms with van der Waals surface area (Å²) >= 11 is 0. The van der Waals surface area contributed by atoms with Gasteiger partial charge < -0.3 is 15.2 Å². The summed E-state index contributed by atoms with van der Waals surface area (Å²) < 4.78 is 10.7. The third kappa shape index (κ3) is 2.15. The molecule has 0 saturated carbocycles. The van der Waals surface area contributed by atoms with Crippen molar-refractivity contribution < 1.29 is 9.47 Å². The predicted molar refractivity (Wildman–Crippen MR) is 57.5 cm³/mol. The molecule has 0 aliphatic carbocycles. The molecule has 82 valence electrons. The normalized spacial score (nSPS) is 14.1. The maximum Gasteiger partial charge on any atom is 0.207 e. The number of hydrogen-bond donors (Lipinski definition) is 2. The molecule has 3 N–H and O–H groups in total. The average Bonchev–Trinajstić information content (AvgIpc) is 2.29. The second-order valence-electron chi connectivity index (χ2n) is 3.06. The van der Waals surface area contributed by atoms with Gasteiger partial charge in [-0.1, -0.05) is 0 Å². The summed E-state index contributed by atoms with van der Waals surface area (Å²) in [5, 5.41) is 10.6. The Morgan fingerprint density at radius 1 is 1.38 bits per heavy atom. The van der Waals surface area contributed by atoms with Crippen molar-refractivity contribution in [1.29, 1.82) is 5.26 Å². The van der Waals surface area contributed by atoms with Crippen LogP contribution in [0.1, 0.15) is 0 Å². The van der Waals surface area contributed by atoms with Crippen LogP contribution >= 0.6 is 0 Å². The number of nitriles is 1. The van der Waals surface area contributed by atoms with Crippen LogP contribution in [0.5, 0.6) is 11.5 Å². The van der Waals surface area contributed by atoms with Gasteiger partial charge in [-0.2, -0.15) is 5.26 Å². The van der Waals surface area contributed by atoms with Crippen LogP contribution in [-0.4, -0.2) is 19.2 Å². The highest BCUT2D eigenvalue weighted by Gasteiger charge is 2.11. The van der Waals surface area contributed by atoms with E-state index in [9.17, 15) is 0 Å². The molecular weight excluding hydrogens is 208 g/mol. The molecule has 6 heteroatoms. The fourth-order valence-electron chi connectivity index (χ4n) is 1.33. The summed E-state index contributed by atoms with van der Waals surface area (Å²) in [6, 6.07) is 5.20. The van der Waals surface area contributed by atoms with Crippen molar-refractivity contribution in [3.8, 4) is 17.7 Å². The van der Waals surface area contributed by atoms with Gasteiger partial charge in [0.2, 0.25) is 5.96 Å². The lowest BCUT2D eigenvalue weighted by atomic mass is 10.2. The quantitative estimate of drug-likeness (QED) is 0.309. The van der Waals surface area contributed by atoms with Gasteiger partial charge in [-0.3, -0.25) is 5.32 Å². The maximum atomic E-state index is 8.34. The Balaban J connectivity index is 2.24. The highest BCUT2D eigenvalue weighted by molar-refractivity contribution is 5.82. The number of benzene rings is 1. The number of ether oxygens (including phenoxy) is 2. The van der Waals surface area contributed by atoms with Gasteiger partial charge in [0.25, 0.3) is 0 Å². The van der Waals surface area contributed by atoms with E-state index in [1.54, 1.807) is 24.4 Å². The molecule has 0 fully saturated rings. The number of nitrogens with two attached hydrogens (primary N) is 1. The fourth-order valence-corrected chi connectivity index (χ4v) is 1.33. The standard InChI is InChI=1S/C10H10N4O2/c11-6-13-10(12)14-7-1-2-8-9(5-7)16-4-3-15-8/h1-2,5H,3-4H2,(H3,12,13,14). The molecule has 0 saturated heterocycles. The Morgan fingerprint density at radius 2 is 2.12 bits per heavy atom. The summed E-state index contributed by atoms with van der Waals surface area (Å²) in [4.78, 5) is 3.98. The largest absolute Gasteiger partial charge is 0.486 e. The van der Waals surface area contributed by atoms with Gasteiger partial charge in [-0.15, -0.1) is 0 Å². The van der Waals surface area contributed by atoms with Crippen LogP contribution in [0.4, 0.5) is 5.69 Å². The first-order valence-corrected chi connectivity index (χ1v) is 4.68. The van der Waals surface area contributed by atoms with E-state index in [4.69, 9.17) is 20.5 Å². The van der Waals surface area contributed by atoms with Crippen molar-refractivity contribution in [2.45, 2.75) is 0 Å². The van der Waals surface area contributed by atoms with Crippen LogP contribution in [0.25, 0.3) is 0 Å². The molecule has 16 heavy (non-hydrogen) atoms. The smallest absolute Gasteiger partial charge is 0.207 e. The fraction of sp³-hybridized carbons (Fsp3) is 0.200. The summed E-state index contributed by atoms with van der Waals surface area (Å²) in [5.41, 5.74) is 6.04. The minimum Gasteiger partial charge on any atom is -0.486 e. The van der Waals surface area contributed by atoms with Crippen LogP contribution in [0, 0.1) is 11.5 Å². The van der Waals surface area contributed by atoms with E-state index in [-0.39, 0.29) is 5.96 Å². The van der Waals surface area contributed by atoms with Crippen molar-refractivity contribution in [3.63, 3.8) is 0 Å². The van der Waals surface area contributed by atoms with E-state index in [0.29, 0.717) is 30.4 Å². The van der Waals surface area contributed by atoms with Gasteiger partial charge in [0.1, 0.15) is 13.2 Å². The lowest BCUT2D eigenvalue weighted by Gasteiger charge is -2.18. The van der Waals surface area contributed by atoms with Crippen molar-refractivity contribution >= 4 is 11.6 Å². The number of rotatable bonds is 1. The molecule has 0 atom stereocenters. The number of guanidine groups is 1. The predicted octanol–water partition coefficient (Wildman–Crippen LogP) is 0.475. The molecular formula is C10H10N4O2. The molecule has 0 radical (unpaired) electrons. The number of hydrogen-bond acceptors (Lipinski definition) is 4. The zero-order valence-corrected chi connectivity index (χ0v) is 8.43. The van der Waals surface area contributed by atoms with E-state index < -0.39 is 0 Å². The summed E-state index contributed by atoms with van der Waals surface area (Å²) in [5.74, 6) is 1.37. The molecule has 1 aromatic rings. The van der Waals surface area contributed by atoms with Gasteiger partial charge in [-0.25, -0.2) is 4.99 Å². The van der Waals surface area contributed by atoms with Crippen LogP contribution < -0.4 is 20.5 Å². The van der Waals surface area contributed by atoms with Crippen LogP contribution in [0.15, 0.2) is 23.2 Å². The van der Waals surface area contributed by atoms with Crippen molar-refractivity contribution in [2.24, 2.45) is 10.7 Å². The number of nitrogens with zero attached hydrogens (tertiary/aromatic N) is 2. The van der Waals surface area contributed by atoms with Crippen LogP contribution in [0.2, 0.25) is 0 Å². The molecule has 0 amide bonds. The van der Waals surface area contributed by atoms with Crippen molar-refractivity contribution in [2.75, 3.05) is 13.2 Å². The molecule has 0 unspecified atom stereocenters. The summed E-state index contributed by atoms with van der Waals surface area (Å²) in [6.45, 7) is 1.07. The molecule has 0 bridgehead atoms. The number of aliphatic imine (C=N–C) groups is 1. The van der Waals surface area contributed by atoms with Crippen molar-refractivity contribution in [1.82, 2.24) is 5.32 Å². The Morgan fingerprint density at radius 3 is 2.88 bits per heavy atom. The molecule has 1 aliphatic rings. The Hall–Kier alpha value is -2.42. The summed E-state index contributed by atoms with van der Waals surface area (Å²) in [6.07, 6.45) is 1.69. The first-order valence-electron chi connectivity index (χ1n) is 4.68. The van der Waals surface area contributed by atoms with E-state index >= 15 is 0 Å². The topological polar surface area (TPSA) is 92.7 Å². The average molecular weight is 218 g/mol. The van der Waals surface area contributed by atoms with Gasteiger partial charge in [0.05, 0.1) is 5.69 Å². The lowest BCUT2D eigenvalue weighted by molar-refractivity contribution is 0.171. The van der Waals surface area contributed by atoms with Crippen molar-refractivity contribution in [3.05, 3.63) is 18.2 Å². The van der Waals surface area contributed by atoms with Gasteiger partial charge in [-0.05, 0) is 12.1 Å². The maximum absolute atomic E-state index is 8.34. The summed E-state index contributed by atoms with van der Waals surface area (Å²) in [7, 11) is 0. The van der Waals surface area contributed by atoms with Gasteiger partial charge in [0, 0.05) is 6.07 Å². The monoisotopic (exact) mass is 218 g/mol. The number of nitrogens with one attached hydrogen (secondary N) is 1. The van der Waals surface area contributed by atoms with Crippen LogP contribution in [-0.2, 0) is 0 Å². The number of fused-ring (bicyclic) bond motifs is 1. The van der Waals surface area contributed by atoms with E-state index in [1.807, 2.05) is 0 Å². The molecule has 6 nitrogen and oxygen atoms in total. The van der Waals surface area contributed by atoms with E-state index in [1.165, 1.54) is 0 Å². The lowest BCUT2D eigenvalue weighted by Crippen LogP contribution is -2.26. The van der Waals surface area contributed by atoms with Gasteiger partial charge >= 0.3 is 0 Å². The Kier molecular flexibility index (Phi) is 2.78. The molecule has 1 aromatic carbocycles. The molecule has 0 spiro atoms. The third-order valence-electron chi connectivity index (χ3n) is 1.96. The minimum atomic E-state index is 0.0409. The zero-order chi connectivity index (χ0) is 11.4. The zero-order valence-electron chi connectivity index (χ0n) is 8.43. The third-order valence-corrected chi connectivity index (χ3v) is 1.96. The van der Waals surface area contributed by atoms with E-state index in [2.05, 4.69) is 10.3 Å². The second-order valence-corrected chi connectivity index (χ2v) is 3.06. The first kappa shape index (κ1) is 10.1. The Bertz CT molecular complexity index is 464. The van der Waals surface area contributed by atoms with Crippen LogP contribution in [0.3, 0.4) is 0 Å². The van der Waals surface area contributed by atoms with Gasteiger partial charge in [0.15, 0.2) is 17.7 Å². The minimum absolute atomic E-state index is 0.0409. The second kappa shape index (κ2) is 4.40. The Labute approximate surface area is 92.3 Å². The first-order chi connectivity index (χ1) is 7.79.